The highest BCUT2D eigenvalue weighted by Crippen LogP contribution is 2.20. The Morgan fingerprint density at radius 1 is 1.38 bits per heavy atom. The van der Waals surface area contributed by atoms with Gasteiger partial charge in [0.1, 0.15) is 0 Å². The summed E-state index contributed by atoms with van der Waals surface area (Å²) in [4.78, 5) is 2.04. The van der Waals surface area contributed by atoms with E-state index < -0.39 is 9.84 Å². The van der Waals surface area contributed by atoms with Gasteiger partial charge < -0.3 is 10.2 Å². The molecule has 0 unspecified atom stereocenters. The van der Waals surface area contributed by atoms with Crippen LogP contribution < -0.4 is 5.32 Å². The molecule has 116 valence electrons. The second-order valence-corrected chi connectivity index (χ2v) is 8.51. The molecule has 21 heavy (non-hydrogen) atoms. The first kappa shape index (κ1) is 16.2. The van der Waals surface area contributed by atoms with E-state index in [0.29, 0.717) is 17.5 Å². The average molecular weight is 326 g/mol. The van der Waals surface area contributed by atoms with Crippen LogP contribution >= 0.6 is 12.2 Å². The molecule has 1 aromatic rings. The minimum absolute atomic E-state index is 0.0129. The summed E-state index contributed by atoms with van der Waals surface area (Å²) in [7, 11) is -2.91. The lowest BCUT2D eigenvalue weighted by Crippen LogP contribution is -2.45. The Balaban J connectivity index is 2.10. The number of thiocarbonyl (C=S) groups is 1. The number of anilines is 1. The third-order valence-electron chi connectivity index (χ3n) is 3.50. The summed E-state index contributed by atoms with van der Waals surface area (Å²) in [6.07, 6.45) is 0.658. The van der Waals surface area contributed by atoms with Crippen LogP contribution in [0.2, 0.25) is 0 Å². The lowest BCUT2D eigenvalue weighted by atomic mass is 10.1. The molecule has 1 heterocycles. The number of sulfone groups is 1. The molecule has 1 aliphatic rings. The van der Waals surface area contributed by atoms with Crippen molar-refractivity contribution >= 4 is 32.9 Å². The first-order chi connectivity index (χ1) is 9.87. The summed E-state index contributed by atoms with van der Waals surface area (Å²) in [5.74, 6) is 0.889. The van der Waals surface area contributed by atoms with Crippen LogP contribution in [0, 0.1) is 5.92 Å². The lowest BCUT2D eigenvalue weighted by molar-refractivity contribution is 0.303. The molecule has 0 amide bonds. The molecule has 0 saturated carbocycles. The highest BCUT2D eigenvalue weighted by atomic mass is 32.2. The molecule has 1 aromatic carbocycles. The second kappa shape index (κ2) is 6.75. The van der Waals surface area contributed by atoms with Gasteiger partial charge in [0, 0.05) is 18.3 Å². The lowest BCUT2D eigenvalue weighted by Gasteiger charge is -2.32. The maximum atomic E-state index is 11.7. The smallest absolute Gasteiger partial charge is 0.173 e. The fraction of sp³-hybridized carbons (Fsp3) is 0.533. The Bertz CT molecular complexity index is 585. The molecule has 0 bridgehead atoms. The third-order valence-corrected chi connectivity index (χ3v) is 5.58. The number of benzene rings is 1. The average Bonchev–Trinajstić information content (AvgIpc) is 2.77. The highest BCUT2D eigenvalue weighted by molar-refractivity contribution is 7.91. The molecule has 4 nitrogen and oxygen atoms in total. The molecule has 0 radical (unpaired) electrons. The second-order valence-electron chi connectivity index (χ2n) is 5.90. The van der Waals surface area contributed by atoms with Gasteiger partial charge in [0.15, 0.2) is 14.9 Å². The summed E-state index contributed by atoms with van der Waals surface area (Å²) in [6, 6.07) is 9.72. The SMILES string of the molecule is CC(C)CN(C(=S)Nc1ccccc1)[C@H]1CCS(=O)(=O)C1. The standard InChI is InChI=1S/C15H22N2O2S2/c1-12(2)10-17(14-8-9-21(18,19)11-14)15(20)16-13-6-4-3-5-7-13/h3-7,12,14H,8-11H2,1-2H3,(H,16,20)/t14-/m0/s1. The van der Waals surface area contributed by atoms with Gasteiger partial charge in [-0.15, -0.1) is 0 Å². The van der Waals surface area contributed by atoms with Crippen molar-refractivity contribution in [2.45, 2.75) is 26.3 Å². The Kier molecular flexibility index (Phi) is 5.22. The molecule has 1 saturated heterocycles. The summed E-state index contributed by atoms with van der Waals surface area (Å²) < 4.78 is 23.4. The number of nitrogens with zero attached hydrogens (tertiary/aromatic N) is 1. The van der Waals surface area contributed by atoms with Gasteiger partial charge in [-0.25, -0.2) is 8.42 Å². The van der Waals surface area contributed by atoms with Crippen molar-refractivity contribution in [2.75, 3.05) is 23.4 Å². The van der Waals surface area contributed by atoms with Crippen molar-refractivity contribution < 1.29 is 8.42 Å². The van der Waals surface area contributed by atoms with E-state index >= 15 is 0 Å². The summed E-state index contributed by atoms with van der Waals surface area (Å²) in [5.41, 5.74) is 0.928. The van der Waals surface area contributed by atoms with Crippen LogP contribution in [0.1, 0.15) is 20.3 Å². The van der Waals surface area contributed by atoms with Crippen molar-refractivity contribution in [1.29, 1.82) is 0 Å². The van der Waals surface area contributed by atoms with E-state index in [4.69, 9.17) is 12.2 Å². The maximum absolute atomic E-state index is 11.7. The normalized spacial score (nSPS) is 20.4. The predicted octanol–water partition coefficient (Wildman–Crippen LogP) is 2.53. The van der Waals surface area contributed by atoms with Crippen molar-refractivity contribution in [1.82, 2.24) is 4.90 Å². The summed E-state index contributed by atoms with van der Waals surface area (Å²) in [6.45, 7) is 4.99. The van der Waals surface area contributed by atoms with Crippen LogP contribution in [0.25, 0.3) is 0 Å². The Morgan fingerprint density at radius 2 is 2.05 bits per heavy atom. The molecule has 0 aliphatic carbocycles. The van der Waals surface area contributed by atoms with Gasteiger partial charge in [-0.2, -0.15) is 0 Å². The first-order valence-corrected chi connectivity index (χ1v) is 9.43. The molecule has 1 N–H and O–H groups in total. The zero-order valence-corrected chi connectivity index (χ0v) is 14.1. The monoisotopic (exact) mass is 326 g/mol. The highest BCUT2D eigenvalue weighted by Gasteiger charge is 2.33. The van der Waals surface area contributed by atoms with E-state index in [1.54, 1.807) is 0 Å². The largest absolute Gasteiger partial charge is 0.345 e. The number of hydrogen-bond acceptors (Lipinski definition) is 3. The molecule has 0 spiro atoms. The molecule has 2 rings (SSSR count). The summed E-state index contributed by atoms with van der Waals surface area (Å²) >= 11 is 5.51. The van der Waals surface area contributed by atoms with Crippen LogP contribution in [0.5, 0.6) is 0 Å². The minimum atomic E-state index is -2.91. The van der Waals surface area contributed by atoms with Crippen molar-refractivity contribution in [2.24, 2.45) is 5.92 Å². The van der Waals surface area contributed by atoms with E-state index in [9.17, 15) is 8.42 Å². The van der Waals surface area contributed by atoms with Crippen molar-refractivity contribution in [3.05, 3.63) is 30.3 Å². The van der Waals surface area contributed by atoms with Gasteiger partial charge in [-0.05, 0) is 36.7 Å². The van der Waals surface area contributed by atoms with E-state index in [-0.39, 0.29) is 17.5 Å². The van der Waals surface area contributed by atoms with Crippen LogP contribution in [0.4, 0.5) is 5.69 Å². The summed E-state index contributed by atoms with van der Waals surface area (Å²) in [5, 5.41) is 3.82. The van der Waals surface area contributed by atoms with Gasteiger partial charge in [0.2, 0.25) is 0 Å². The van der Waals surface area contributed by atoms with Gasteiger partial charge in [-0.3, -0.25) is 0 Å². The Hall–Kier alpha value is -1.14. The van der Waals surface area contributed by atoms with Gasteiger partial charge in [0.25, 0.3) is 0 Å². The fourth-order valence-electron chi connectivity index (χ4n) is 2.53. The fourth-order valence-corrected chi connectivity index (χ4v) is 4.60. The minimum Gasteiger partial charge on any atom is -0.345 e. The predicted molar refractivity (Wildman–Crippen MR) is 91.3 cm³/mol. The zero-order valence-electron chi connectivity index (χ0n) is 12.5. The number of nitrogens with one attached hydrogen (secondary N) is 1. The maximum Gasteiger partial charge on any atom is 0.173 e. The Labute approximate surface area is 132 Å². The van der Waals surface area contributed by atoms with Crippen LogP contribution in [-0.4, -0.2) is 42.5 Å². The first-order valence-electron chi connectivity index (χ1n) is 7.20. The number of hydrogen-bond donors (Lipinski definition) is 1. The van der Waals surface area contributed by atoms with E-state index in [1.165, 1.54) is 0 Å². The third kappa shape index (κ3) is 4.68. The number of para-hydroxylation sites is 1. The van der Waals surface area contributed by atoms with Crippen LogP contribution in [-0.2, 0) is 9.84 Å². The zero-order chi connectivity index (χ0) is 15.5. The van der Waals surface area contributed by atoms with Crippen molar-refractivity contribution in [3.63, 3.8) is 0 Å². The van der Waals surface area contributed by atoms with Crippen molar-refractivity contribution in [3.8, 4) is 0 Å². The molecular weight excluding hydrogens is 304 g/mol. The topological polar surface area (TPSA) is 49.4 Å². The molecule has 1 atom stereocenters. The van der Waals surface area contributed by atoms with Crippen LogP contribution in [0.15, 0.2) is 30.3 Å². The van der Waals surface area contributed by atoms with E-state index in [0.717, 1.165) is 12.2 Å². The molecule has 0 aromatic heterocycles. The van der Waals surface area contributed by atoms with Gasteiger partial charge >= 0.3 is 0 Å². The van der Waals surface area contributed by atoms with Crippen LogP contribution in [0.3, 0.4) is 0 Å². The number of rotatable bonds is 4. The Morgan fingerprint density at radius 3 is 2.57 bits per heavy atom. The van der Waals surface area contributed by atoms with E-state index in [1.807, 2.05) is 35.2 Å². The van der Waals surface area contributed by atoms with Gasteiger partial charge in [0.05, 0.1) is 11.5 Å². The van der Waals surface area contributed by atoms with E-state index in [2.05, 4.69) is 19.2 Å². The molecular formula is C15H22N2O2S2. The quantitative estimate of drug-likeness (QED) is 0.862. The van der Waals surface area contributed by atoms with Gasteiger partial charge in [-0.1, -0.05) is 32.0 Å². The molecule has 6 heteroatoms. The molecule has 1 aliphatic heterocycles. The molecule has 1 fully saturated rings.